The lowest BCUT2D eigenvalue weighted by Gasteiger charge is -2.10. The second kappa shape index (κ2) is 5.23. The second-order valence-electron chi connectivity index (χ2n) is 3.95. The van der Waals surface area contributed by atoms with Crippen LogP contribution in [0.1, 0.15) is 17.1 Å². The molecule has 0 atom stereocenters. The lowest BCUT2D eigenvalue weighted by atomic mass is 10.2. The van der Waals surface area contributed by atoms with E-state index in [1.165, 1.54) is 5.56 Å². The zero-order chi connectivity index (χ0) is 12.4. The molecule has 2 aromatic rings. The molecule has 0 radical (unpaired) electrons. The van der Waals surface area contributed by atoms with Gasteiger partial charge in [-0.2, -0.15) is 0 Å². The average Bonchev–Trinajstić information content (AvgIpc) is 2.62. The summed E-state index contributed by atoms with van der Waals surface area (Å²) in [6.45, 7) is 4.74. The van der Waals surface area contributed by atoms with Crippen LogP contribution < -0.4 is 5.32 Å². The van der Waals surface area contributed by atoms with Crippen LogP contribution in [0.25, 0.3) is 0 Å². The first-order chi connectivity index (χ1) is 8.06. The van der Waals surface area contributed by atoms with Crippen LogP contribution in [0.4, 0.5) is 5.69 Å². The van der Waals surface area contributed by atoms with Gasteiger partial charge in [0.25, 0.3) is 0 Å². The fraction of sp³-hybridized carbons (Fsp3) is 0.250. The molecule has 0 amide bonds. The molecule has 0 spiro atoms. The Labute approximate surface area is 117 Å². The van der Waals surface area contributed by atoms with Gasteiger partial charge in [0.05, 0.1) is 24.1 Å². The van der Waals surface area contributed by atoms with E-state index in [1.807, 2.05) is 13.1 Å². The van der Waals surface area contributed by atoms with Gasteiger partial charge in [0.2, 0.25) is 0 Å². The Morgan fingerprint density at radius 1 is 1.24 bits per heavy atom. The predicted octanol–water partition coefficient (Wildman–Crippen LogP) is 4.16. The van der Waals surface area contributed by atoms with Gasteiger partial charge in [0.1, 0.15) is 5.82 Å². The number of hydrogen-bond donors (Lipinski definition) is 2. The highest BCUT2D eigenvalue weighted by Crippen LogP contribution is 2.32. The highest BCUT2D eigenvalue weighted by Gasteiger charge is 2.06. The van der Waals surface area contributed by atoms with Gasteiger partial charge in [-0.15, -0.1) is 0 Å². The van der Waals surface area contributed by atoms with Gasteiger partial charge in [-0.25, -0.2) is 4.98 Å². The number of nitrogens with one attached hydrogen (secondary N) is 2. The van der Waals surface area contributed by atoms with Gasteiger partial charge < -0.3 is 10.3 Å². The third-order valence-corrected chi connectivity index (χ3v) is 3.65. The number of imidazole rings is 1. The molecule has 0 bridgehead atoms. The SMILES string of the molecule is Cc1cc(Br)c(NCc2cnc(C)[nH]2)c(Br)c1. The quantitative estimate of drug-likeness (QED) is 0.864. The summed E-state index contributed by atoms with van der Waals surface area (Å²) >= 11 is 7.12. The third-order valence-electron chi connectivity index (χ3n) is 2.40. The molecule has 1 aromatic heterocycles. The summed E-state index contributed by atoms with van der Waals surface area (Å²) in [5, 5.41) is 3.37. The number of rotatable bonds is 3. The Balaban J connectivity index is 2.14. The van der Waals surface area contributed by atoms with E-state index in [0.717, 1.165) is 32.7 Å². The number of aromatic amines is 1. The van der Waals surface area contributed by atoms with E-state index in [-0.39, 0.29) is 0 Å². The highest BCUT2D eigenvalue weighted by atomic mass is 79.9. The Hall–Kier alpha value is -0.810. The maximum atomic E-state index is 4.17. The van der Waals surface area contributed by atoms with Crippen LogP contribution in [0.3, 0.4) is 0 Å². The summed E-state index contributed by atoms with van der Waals surface area (Å²) in [6, 6.07) is 4.18. The number of H-pyrrole nitrogens is 1. The number of halogens is 2. The van der Waals surface area contributed by atoms with Crippen LogP contribution >= 0.6 is 31.9 Å². The number of benzene rings is 1. The summed E-state index contributed by atoms with van der Waals surface area (Å²) in [4.78, 5) is 7.36. The van der Waals surface area contributed by atoms with E-state index in [9.17, 15) is 0 Å². The molecular formula is C12H13Br2N3. The van der Waals surface area contributed by atoms with Crippen molar-refractivity contribution < 1.29 is 0 Å². The fourth-order valence-electron chi connectivity index (χ4n) is 1.61. The first kappa shape index (κ1) is 12.6. The Bertz CT molecular complexity index is 511. The molecule has 0 aliphatic rings. The van der Waals surface area contributed by atoms with Gasteiger partial charge in [-0.05, 0) is 63.4 Å². The molecule has 0 saturated carbocycles. The van der Waals surface area contributed by atoms with Gasteiger partial charge in [0, 0.05) is 8.95 Å². The molecule has 90 valence electrons. The lowest BCUT2D eigenvalue weighted by Crippen LogP contribution is -2.01. The van der Waals surface area contributed by atoms with E-state index in [1.54, 1.807) is 0 Å². The molecule has 0 aliphatic heterocycles. The van der Waals surface area contributed by atoms with E-state index < -0.39 is 0 Å². The maximum Gasteiger partial charge on any atom is 0.103 e. The molecular weight excluding hydrogens is 346 g/mol. The lowest BCUT2D eigenvalue weighted by molar-refractivity contribution is 1.04. The minimum Gasteiger partial charge on any atom is -0.378 e. The molecule has 0 unspecified atom stereocenters. The van der Waals surface area contributed by atoms with Crippen molar-refractivity contribution in [2.24, 2.45) is 0 Å². The highest BCUT2D eigenvalue weighted by molar-refractivity contribution is 9.11. The number of hydrogen-bond acceptors (Lipinski definition) is 2. The summed E-state index contributed by atoms with van der Waals surface area (Å²) in [7, 11) is 0. The smallest absolute Gasteiger partial charge is 0.103 e. The summed E-state index contributed by atoms with van der Waals surface area (Å²) in [5.41, 5.74) is 3.34. The van der Waals surface area contributed by atoms with Crippen molar-refractivity contribution in [3.63, 3.8) is 0 Å². The van der Waals surface area contributed by atoms with Crippen molar-refractivity contribution in [2.75, 3.05) is 5.32 Å². The topological polar surface area (TPSA) is 40.7 Å². The van der Waals surface area contributed by atoms with Gasteiger partial charge >= 0.3 is 0 Å². The van der Waals surface area contributed by atoms with Crippen LogP contribution in [-0.2, 0) is 6.54 Å². The molecule has 17 heavy (non-hydrogen) atoms. The van der Waals surface area contributed by atoms with Crippen LogP contribution in [0.5, 0.6) is 0 Å². The van der Waals surface area contributed by atoms with E-state index >= 15 is 0 Å². The predicted molar refractivity (Wildman–Crippen MR) is 77.2 cm³/mol. The maximum absolute atomic E-state index is 4.17. The molecule has 5 heteroatoms. The monoisotopic (exact) mass is 357 g/mol. The molecule has 3 nitrogen and oxygen atoms in total. The van der Waals surface area contributed by atoms with Crippen molar-refractivity contribution in [1.29, 1.82) is 0 Å². The molecule has 0 aliphatic carbocycles. The molecule has 1 heterocycles. The molecule has 2 N–H and O–H groups in total. The van der Waals surface area contributed by atoms with Crippen molar-refractivity contribution >= 4 is 37.5 Å². The van der Waals surface area contributed by atoms with Gasteiger partial charge in [-0.1, -0.05) is 0 Å². The van der Waals surface area contributed by atoms with Crippen molar-refractivity contribution in [3.05, 3.63) is 44.4 Å². The largest absolute Gasteiger partial charge is 0.378 e. The summed E-state index contributed by atoms with van der Waals surface area (Å²) in [5.74, 6) is 0.934. The van der Waals surface area contributed by atoms with Crippen LogP contribution in [0.15, 0.2) is 27.3 Å². The summed E-state index contributed by atoms with van der Waals surface area (Å²) < 4.78 is 2.11. The zero-order valence-corrected chi connectivity index (χ0v) is 12.8. The Morgan fingerprint density at radius 3 is 2.41 bits per heavy atom. The standard InChI is InChI=1S/C12H13Br2N3/c1-7-3-10(13)12(11(14)4-7)16-6-9-5-15-8(2)17-9/h3-5,16H,6H2,1-2H3,(H,15,17). The van der Waals surface area contributed by atoms with Gasteiger partial charge in [-0.3, -0.25) is 0 Å². The fourth-order valence-corrected chi connectivity index (χ4v) is 3.31. The number of aromatic nitrogens is 2. The number of nitrogens with zero attached hydrogens (tertiary/aromatic N) is 1. The van der Waals surface area contributed by atoms with Crippen LogP contribution in [-0.4, -0.2) is 9.97 Å². The molecule has 0 fully saturated rings. The minimum atomic E-state index is 0.723. The zero-order valence-electron chi connectivity index (χ0n) is 9.64. The van der Waals surface area contributed by atoms with Crippen molar-refractivity contribution in [1.82, 2.24) is 9.97 Å². The van der Waals surface area contributed by atoms with Crippen molar-refractivity contribution in [3.8, 4) is 0 Å². The van der Waals surface area contributed by atoms with Gasteiger partial charge in [0.15, 0.2) is 0 Å². The summed E-state index contributed by atoms with van der Waals surface area (Å²) in [6.07, 6.45) is 1.85. The normalized spacial score (nSPS) is 10.6. The second-order valence-corrected chi connectivity index (χ2v) is 5.66. The van der Waals surface area contributed by atoms with E-state index in [4.69, 9.17) is 0 Å². The number of anilines is 1. The van der Waals surface area contributed by atoms with Crippen molar-refractivity contribution in [2.45, 2.75) is 20.4 Å². The Kier molecular flexibility index (Phi) is 3.89. The van der Waals surface area contributed by atoms with E-state index in [0.29, 0.717) is 0 Å². The third kappa shape index (κ3) is 3.10. The molecule has 0 saturated heterocycles. The first-order valence-corrected chi connectivity index (χ1v) is 6.85. The number of aryl methyl sites for hydroxylation is 2. The minimum absolute atomic E-state index is 0.723. The molecule has 1 aromatic carbocycles. The first-order valence-electron chi connectivity index (χ1n) is 5.26. The average molecular weight is 359 g/mol. The Morgan fingerprint density at radius 2 is 1.88 bits per heavy atom. The van der Waals surface area contributed by atoms with Crippen LogP contribution in [0.2, 0.25) is 0 Å². The van der Waals surface area contributed by atoms with Crippen LogP contribution in [0, 0.1) is 13.8 Å². The molecule has 2 rings (SSSR count). The van der Waals surface area contributed by atoms with E-state index in [2.05, 4.69) is 66.2 Å².